The zero-order chi connectivity index (χ0) is 11.7. The molecule has 1 unspecified atom stereocenters. The predicted octanol–water partition coefficient (Wildman–Crippen LogP) is 1.95. The number of fused-ring (bicyclic) bond motifs is 1. The Hall–Kier alpha value is -1.06. The maximum atomic E-state index is 12.4. The van der Waals surface area contributed by atoms with Crippen molar-refractivity contribution in [3.63, 3.8) is 0 Å². The molecular formula is C14H19ClN2O. The summed E-state index contributed by atoms with van der Waals surface area (Å²) in [5, 5.41) is 3.31. The number of carbonyl (C=O) groups excluding carboxylic acids is 1. The number of carbonyl (C=O) groups is 1. The van der Waals surface area contributed by atoms with Crippen LogP contribution in [-0.4, -0.2) is 23.9 Å². The van der Waals surface area contributed by atoms with E-state index in [0.29, 0.717) is 5.91 Å². The lowest BCUT2D eigenvalue weighted by atomic mass is 9.98. The highest BCUT2D eigenvalue weighted by atomic mass is 35.5. The van der Waals surface area contributed by atoms with Crippen LogP contribution in [0.15, 0.2) is 24.3 Å². The zero-order valence-electron chi connectivity index (χ0n) is 10.4. The summed E-state index contributed by atoms with van der Waals surface area (Å²) in [4.78, 5) is 14.4. The largest absolute Gasteiger partial charge is 0.334 e. The van der Waals surface area contributed by atoms with Crippen molar-refractivity contribution >= 4 is 18.3 Å². The van der Waals surface area contributed by atoms with Gasteiger partial charge in [-0.05, 0) is 30.5 Å². The summed E-state index contributed by atoms with van der Waals surface area (Å²) in [6.45, 7) is 3.51. The number of hydrogen-bond acceptors (Lipinski definition) is 2. The molecule has 98 valence electrons. The highest BCUT2D eigenvalue weighted by Crippen LogP contribution is 2.25. The SMILES string of the molecule is Cl.O=C(C1CCCNC1)N1Cc2ccccc2C1. The van der Waals surface area contributed by atoms with E-state index in [-0.39, 0.29) is 18.3 Å². The molecule has 3 rings (SSSR count). The molecule has 2 heterocycles. The number of amides is 1. The van der Waals surface area contributed by atoms with E-state index in [2.05, 4.69) is 29.6 Å². The first-order chi connectivity index (χ1) is 8.34. The first kappa shape index (κ1) is 13.4. The van der Waals surface area contributed by atoms with Gasteiger partial charge in [0, 0.05) is 19.6 Å². The molecule has 1 aromatic rings. The Balaban J connectivity index is 0.00000120. The van der Waals surface area contributed by atoms with Crippen molar-refractivity contribution in [3.8, 4) is 0 Å². The number of piperidine rings is 1. The van der Waals surface area contributed by atoms with Crippen molar-refractivity contribution in [1.29, 1.82) is 0 Å². The standard InChI is InChI=1S/C14H18N2O.ClH/c17-14(11-6-3-7-15-8-11)16-9-12-4-1-2-5-13(12)10-16;/h1-2,4-5,11,15H,3,6-10H2;1H. The molecule has 0 spiro atoms. The van der Waals surface area contributed by atoms with Gasteiger partial charge in [0.05, 0.1) is 5.92 Å². The van der Waals surface area contributed by atoms with Gasteiger partial charge in [-0.25, -0.2) is 0 Å². The molecule has 0 radical (unpaired) electrons. The molecule has 1 saturated heterocycles. The van der Waals surface area contributed by atoms with Gasteiger partial charge >= 0.3 is 0 Å². The van der Waals surface area contributed by atoms with Gasteiger partial charge in [-0.3, -0.25) is 4.79 Å². The molecule has 0 aromatic heterocycles. The summed E-state index contributed by atoms with van der Waals surface area (Å²) in [6, 6.07) is 8.35. The van der Waals surface area contributed by atoms with Crippen molar-refractivity contribution < 1.29 is 4.79 Å². The molecule has 0 aliphatic carbocycles. The Morgan fingerprint density at radius 1 is 1.22 bits per heavy atom. The number of benzene rings is 1. The number of halogens is 1. The molecular weight excluding hydrogens is 248 g/mol. The van der Waals surface area contributed by atoms with Crippen LogP contribution >= 0.6 is 12.4 Å². The van der Waals surface area contributed by atoms with E-state index in [1.807, 2.05) is 4.90 Å². The maximum absolute atomic E-state index is 12.4. The summed E-state index contributed by atoms with van der Waals surface area (Å²) in [7, 11) is 0. The molecule has 2 aliphatic rings. The lowest BCUT2D eigenvalue weighted by molar-refractivity contribution is -0.136. The smallest absolute Gasteiger partial charge is 0.227 e. The Labute approximate surface area is 114 Å². The summed E-state index contributed by atoms with van der Waals surface area (Å²) in [5.74, 6) is 0.520. The van der Waals surface area contributed by atoms with E-state index >= 15 is 0 Å². The lowest BCUT2D eigenvalue weighted by Gasteiger charge is -2.26. The van der Waals surface area contributed by atoms with Crippen molar-refractivity contribution in [2.75, 3.05) is 13.1 Å². The Morgan fingerprint density at radius 2 is 1.89 bits per heavy atom. The second-order valence-corrected chi connectivity index (χ2v) is 5.01. The summed E-state index contributed by atoms with van der Waals surface area (Å²) < 4.78 is 0. The van der Waals surface area contributed by atoms with Crippen molar-refractivity contribution in [3.05, 3.63) is 35.4 Å². The molecule has 1 aromatic carbocycles. The van der Waals surface area contributed by atoms with Crippen LogP contribution in [0.25, 0.3) is 0 Å². The maximum Gasteiger partial charge on any atom is 0.227 e. The lowest BCUT2D eigenvalue weighted by Crippen LogP contribution is -2.40. The van der Waals surface area contributed by atoms with Crippen LogP contribution in [-0.2, 0) is 17.9 Å². The molecule has 3 nitrogen and oxygen atoms in total. The topological polar surface area (TPSA) is 32.3 Å². The second-order valence-electron chi connectivity index (χ2n) is 5.01. The van der Waals surface area contributed by atoms with E-state index < -0.39 is 0 Å². The van der Waals surface area contributed by atoms with Crippen LogP contribution in [0.2, 0.25) is 0 Å². The minimum Gasteiger partial charge on any atom is -0.334 e. The molecule has 4 heteroatoms. The van der Waals surface area contributed by atoms with Gasteiger partial charge < -0.3 is 10.2 Å². The van der Waals surface area contributed by atoms with Crippen LogP contribution in [0, 0.1) is 5.92 Å². The van der Waals surface area contributed by atoms with Crippen LogP contribution in [0.5, 0.6) is 0 Å². The van der Waals surface area contributed by atoms with E-state index in [0.717, 1.165) is 39.0 Å². The van der Waals surface area contributed by atoms with E-state index in [9.17, 15) is 4.79 Å². The summed E-state index contributed by atoms with van der Waals surface area (Å²) >= 11 is 0. The Bertz CT molecular complexity index is 405. The van der Waals surface area contributed by atoms with E-state index in [1.165, 1.54) is 11.1 Å². The molecule has 2 aliphatic heterocycles. The van der Waals surface area contributed by atoms with Gasteiger partial charge in [0.25, 0.3) is 0 Å². The Morgan fingerprint density at radius 3 is 2.44 bits per heavy atom. The highest BCUT2D eigenvalue weighted by Gasteiger charge is 2.29. The monoisotopic (exact) mass is 266 g/mol. The van der Waals surface area contributed by atoms with Gasteiger partial charge in [0.15, 0.2) is 0 Å². The normalized spacial score (nSPS) is 22.2. The average Bonchev–Trinajstić information content (AvgIpc) is 2.82. The number of hydrogen-bond donors (Lipinski definition) is 1. The predicted molar refractivity (Wildman–Crippen MR) is 73.5 cm³/mol. The van der Waals surface area contributed by atoms with Gasteiger partial charge in [0.2, 0.25) is 5.91 Å². The number of rotatable bonds is 1. The van der Waals surface area contributed by atoms with Gasteiger partial charge in [-0.2, -0.15) is 0 Å². The Kier molecular flexibility index (Phi) is 4.25. The van der Waals surface area contributed by atoms with Crippen molar-refractivity contribution in [1.82, 2.24) is 10.2 Å². The summed E-state index contributed by atoms with van der Waals surface area (Å²) in [6.07, 6.45) is 2.16. The molecule has 1 N–H and O–H groups in total. The quantitative estimate of drug-likeness (QED) is 0.843. The molecule has 1 amide bonds. The molecule has 1 fully saturated rings. The molecule has 0 bridgehead atoms. The van der Waals surface area contributed by atoms with Gasteiger partial charge in [-0.15, -0.1) is 12.4 Å². The summed E-state index contributed by atoms with van der Waals surface area (Å²) in [5.41, 5.74) is 2.62. The minimum absolute atomic E-state index is 0. The number of nitrogens with zero attached hydrogens (tertiary/aromatic N) is 1. The van der Waals surface area contributed by atoms with Crippen molar-refractivity contribution in [2.45, 2.75) is 25.9 Å². The third kappa shape index (κ3) is 2.52. The van der Waals surface area contributed by atoms with E-state index in [4.69, 9.17) is 0 Å². The highest BCUT2D eigenvalue weighted by molar-refractivity contribution is 5.85. The fourth-order valence-corrected chi connectivity index (χ4v) is 2.81. The first-order valence-corrected chi connectivity index (χ1v) is 6.41. The minimum atomic E-state index is 0. The third-order valence-electron chi connectivity index (χ3n) is 3.80. The molecule has 18 heavy (non-hydrogen) atoms. The average molecular weight is 267 g/mol. The zero-order valence-corrected chi connectivity index (χ0v) is 11.2. The van der Waals surface area contributed by atoms with Crippen LogP contribution in [0.4, 0.5) is 0 Å². The molecule has 1 atom stereocenters. The van der Waals surface area contributed by atoms with E-state index in [1.54, 1.807) is 0 Å². The fraction of sp³-hybridized carbons (Fsp3) is 0.500. The second kappa shape index (κ2) is 5.72. The number of nitrogens with one attached hydrogen (secondary N) is 1. The van der Waals surface area contributed by atoms with Crippen LogP contribution < -0.4 is 5.32 Å². The van der Waals surface area contributed by atoms with Crippen LogP contribution in [0.3, 0.4) is 0 Å². The van der Waals surface area contributed by atoms with Crippen molar-refractivity contribution in [2.24, 2.45) is 5.92 Å². The fourth-order valence-electron chi connectivity index (χ4n) is 2.81. The third-order valence-corrected chi connectivity index (χ3v) is 3.80. The van der Waals surface area contributed by atoms with Crippen LogP contribution in [0.1, 0.15) is 24.0 Å². The van der Waals surface area contributed by atoms with Gasteiger partial charge in [-0.1, -0.05) is 24.3 Å². The molecule has 0 saturated carbocycles. The van der Waals surface area contributed by atoms with Gasteiger partial charge in [0.1, 0.15) is 0 Å². The first-order valence-electron chi connectivity index (χ1n) is 6.41.